The average Bonchev–Trinajstić information content (AvgIpc) is 2.72. The minimum atomic E-state index is 0.406. The monoisotopic (exact) mass is 199 g/mol. The van der Waals surface area contributed by atoms with Crippen LogP contribution in [0.15, 0.2) is 34.4 Å². The van der Waals surface area contributed by atoms with Crippen molar-refractivity contribution in [1.29, 1.82) is 0 Å². The Balaban J connectivity index is 2.10. The molecule has 0 spiro atoms. The fraction of sp³-hybridized carbons (Fsp3) is 0.333. The number of hydrazone groups is 1. The molecular weight excluding hydrogens is 186 g/mol. The third-order valence-electron chi connectivity index (χ3n) is 2.94. The van der Waals surface area contributed by atoms with E-state index in [1.54, 1.807) is 0 Å². The maximum Gasteiger partial charge on any atom is 0.152 e. The molecule has 2 heterocycles. The fourth-order valence-electron chi connectivity index (χ4n) is 2.04. The number of fused-ring (bicyclic) bond motifs is 3. The van der Waals surface area contributed by atoms with Gasteiger partial charge in [0.25, 0.3) is 0 Å². The van der Waals surface area contributed by atoms with E-state index in [9.17, 15) is 0 Å². The maximum absolute atomic E-state index is 4.70. The molecule has 0 amide bonds. The molecule has 0 aliphatic carbocycles. The molecule has 2 aliphatic rings. The second kappa shape index (κ2) is 3.19. The third-order valence-corrected chi connectivity index (χ3v) is 2.94. The van der Waals surface area contributed by atoms with E-state index >= 15 is 0 Å². The summed E-state index contributed by atoms with van der Waals surface area (Å²) in [5.74, 6) is 1.04. The summed E-state index contributed by atoms with van der Waals surface area (Å²) in [6.45, 7) is 3.10. The van der Waals surface area contributed by atoms with Gasteiger partial charge in [-0.15, -0.1) is 0 Å². The second-order valence-electron chi connectivity index (χ2n) is 3.93. The summed E-state index contributed by atoms with van der Waals surface area (Å²) in [7, 11) is 0. The first-order chi connectivity index (χ1) is 7.38. The molecular formula is C12H13N3. The highest BCUT2D eigenvalue weighted by Crippen LogP contribution is 2.22. The molecule has 3 rings (SSSR count). The number of hydrogen-bond acceptors (Lipinski definition) is 3. The average molecular weight is 199 g/mol. The minimum absolute atomic E-state index is 0.406. The van der Waals surface area contributed by atoms with Gasteiger partial charge in [0.1, 0.15) is 0 Å². The Morgan fingerprint density at radius 2 is 2.27 bits per heavy atom. The van der Waals surface area contributed by atoms with Crippen LogP contribution >= 0.6 is 0 Å². The van der Waals surface area contributed by atoms with Gasteiger partial charge in [0.15, 0.2) is 5.84 Å². The van der Waals surface area contributed by atoms with Gasteiger partial charge < -0.3 is 0 Å². The van der Waals surface area contributed by atoms with Crippen molar-refractivity contribution in [1.82, 2.24) is 5.01 Å². The van der Waals surface area contributed by atoms with E-state index in [1.165, 1.54) is 11.1 Å². The molecule has 0 saturated heterocycles. The molecule has 0 bridgehead atoms. The smallest absolute Gasteiger partial charge is 0.152 e. The predicted octanol–water partition coefficient (Wildman–Crippen LogP) is 1.87. The molecule has 1 atom stereocenters. The lowest BCUT2D eigenvalue weighted by Gasteiger charge is -2.20. The molecule has 1 aromatic rings. The molecule has 2 aliphatic heterocycles. The molecule has 0 radical (unpaired) electrons. The van der Waals surface area contributed by atoms with Gasteiger partial charge in [-0.3, -0.25) is 4.99 Å². The van der Waals surface area contributed by atoms with E-state index in [0.717, 1.165) is 18.8 Å². The summed E-state index contributed by atoms with van der Waals surface area (Å²) in [5.41, 5.74) is 2.38. The number of aliphatic imine (C=N–C) groups is 1. The maximum atomic E-state index is 4.70. The topological polar surface area (TPSA) is 28.0 Å². The standard InChI is InChI=1S/C12H13N3/c1-2-10-8-15-12(14-10)11-6-4-3-5-9(11)7-13-15/h3-7,10H,2,8H2,1H3/t10-/m1/s1. The van der Waals surface area contributed by atoms with E-state index in [-0.39, 0.29) is 0 Å². The lowest BCUT2D eigenvalue weighted by atomic mass is 10.1. The molecule has 0 aromatic heterocycles. The van der Waals surface area contributed by atoms with Crippen LogP contribution in [-0.2, 0) is 0 Å². The highest BCUT2D eigenvalue weighted by atomic mass is 15.5. The molecule has 0 N–H and O–H groups in total. The number of amidine groups is 1. The predicted molar refractivity (Wildman–Crippen MR) is 61.4 cm³/mol. The lowest BCUT2D eigenvalue weighted by molar-refractivity contribution is 0.442. The Labute approximate surface area is 89.1 Å². The van der Waals surface area contributed by atoms with Crippen LogP contribution in [0.3, 0.4) is 0 Å². The molecule has 0 unspecified atom stereocenters. The Bertz CT molecular complexity index is 448. The quantitative estimate of drug-likeness (QED) is 0.678. The summed E-state index contributed by atoms with van der Waals surface area (Å²) in [4.78, 5) is 4.70. The summed E-state index contributed by atoms with van der Waals surface area (Å²) in [5, 5.41) is 6.42. The fourth-order valence-corrected chi connectivity index (χ4v) is 2.04. The van der Waals surface area contributed by atoms with Crippen molar-refractivity contribution in [3.05, 3.63) is 35.4 Å². The van der Waals surface area contributed by atoms with Gasteiger partial charge >= 0.3 is 0 Å². The van der Waals surface area contributed by atoms with Crippen LogP contribution in [-0.4, -0.2) is 29.6 Å². The van der Waals surface area contributed by atoms with E-state index in [2.05, 4.69) is 30.2 Å². The first-order valence-electron chi connectivity index (χ1n) is 5.37. The Morgan fingerprint density at radius 1 is 1.40 bits per heavy atom. The largest absolute Gasteiger partial charge is 0.261 e. The van der Waals surface area contributed by atoms with Crippen LogP contribution in [0.2, 0.25) is 0 Å². The van der Waals surface area contributed by atoms with Crippen LogP contribution in [0.5, 0.6) is 0 Å². The first kappa shape index (κ1) is 8.65. The summed E-state index contributed by atoms with van der Waals surface area (Å²) >= 11 is 0. The van der Waals surface area contributed by atoms with Gasteiger partial charge in [-0.05, 0) is 6.42 Å². The molecule has 0 saturated carbocycles. The normalized spacial score (nSPS) is 22.3. The van der Waals surface area contributed by atoms with Crippen molar-refractivity contribution in [3.63, 3.8) is 0 Å². The first-order valence-corrected chi connectivity index (χ1v) is 5.37. The van der Waals surface area contributed by atoms with Crippen LogP contribution in [0.4, 0.5) is 0 Å². The van der Waals surface area contributed by atoms with Gasteiger partial charge in [0.2, 0.25) is 0 Å². The Morgan fingerprint density at radius 3 is 3.13 bits per heavy atom. The summed E-state index contributed by atoms with van der Waals surface area (Å²) in [6, 6.07) is 8.69. The number of rotatable bonds is 1. The van der Waals surface area contributed by atoms with E-state index in [0.29, 0.717) is 6.04 Å². The zero-order chi connectivity index (χ0) is 10.3. The molecule has 76 valence electrons. The van der Waals surface area contributed by atoms with Crippen molar-refractivity contribution in [2.75, 3.05) is 6.54 Å². The van der Waals surface area contributed by atoms with Crippen LogP contribution < -0.4 is 0 Å². The third kappa shape index (κ3) is 1.27. The van der Waals surface area contributed by atoms with Crippen LogP contribution in [0.1, 0.15) is 24.5 Å². The highest BCUT2D eigenvalue weighted by Gasteiger charge is 2.27. The van der Waals surface area contributed by atoms with Gasteiger partial charge in [-0.1, -0.05) is 31.2 Å². The van der Waals surface area contributed by atoms with Crippen molar-refractivity contribution in [3.8, 4) is 0 Å². The van der Waals surface area contributed by atoms with Gasteiger partial charge in [0.05, 0.1) is 18.8 Å². The molecule has 15 heavy (non-hydrogen) atoms. The van der Waals surface area contributed by atoms with E-state index in [1.807, 2.05) is 17.3 Å². The Hall–Kier alpha value is -1.64. The highest BCUT2D eigenvalue weighted by molar-refractivity contribution is 6.08. The SMILES string of the molecule is CC[C@@H]1CN2N=Cc3ccccc3C2=N1. The Kier molecular flexibility index (Phi) is 1.84. The molecule has 1 aromatic carbocycles. The number of hydrogen-bond donors (Lipinski definition) is 0. The summed E-state index contributed by atoms with van der Waals surface area (Å²) < 4.78 is 0. The lowest BCUT2D eigenvalue weighted by Crippen LogP contribution is -2.28. The van der Waals surface area contributed by atoms with Gasteiger partial charge in [-0.25, -0.2) is 5.01 Å². The minimum Gasteiger partial charge on any atom is -0.261 e. The number of benzene rings is 1. The van der Waals surface area contributed by atoms with Gasteiger partial charge in [0, 0.05) is 11.1 Å². The summed E-state index contributed by atoms with van der Waals surface area (Å²) in [6.07, 6.45) is 3.00. The molecule has 3 nitrogen and oxygen atoms in total. The van der Waals surface area contributed by atoms with Crippen molar-refractivity contribution in [2.24, 2.45) is 10.1 Å². The van der Waals surface area contributed by atoms with Crippen molar-refractivity contribution >= 4 is 12.1 Å². The van der Waals surface area contributed by atoms with Crippen molar-refractivity contribution in [2.45, 2.75) is 19.4 Å². The van der Waals surface area contributed by atoms with E-state index in [4.69, 9.17) is 4.99 Å². The second-order valence-corrected chi connectivity index (χ2v) is 3.93. The number of nitrogens with zero attached hydrogens (tertiary/aromatic N) is 3. The van der Waals surface area contributed by atoms with Crippen LogP contribution in [0, 0.1) is 0 Å². The molecule has 0 fully saturated rings. The molecule has 3 heteroatoms. The zero-order valence-corrected chi connectivity index (χ0v) is 8.72. The van der Waals surface area contributed by atoms with Gasteiger partial charge in [-0.2, -0.15) is 5.10 Å². The zero-order valence-electron chi connectivity index (χ0n) is 8.72. The van der Waals surface area contributed by atoms with Crippen molar-refractivity contribution < 1.29 is 0 Å². The van der Waals surface area contributed by atoms with Crippen LogP contribution in [0.25, 0.3) is 0 Å². The van der Waals surface area contributed by atoms with E-state index < -0.39 is 0 Å².